The first-order valence-corrected chi connectivity index (χ1v) is 11.1. The minimum Gasteiger partial charge on any atom is -0.444 e. The van der Waals surface area contributed by atoms with E-state index in [2.05, 4.69) is 42.1 Å². The van der Waals surface area contributed by atoms with Crippen LogP contribution in [0.5, 0.6) is 0 Å². The topological polar surface area (TPSA) is 121 Å². The van der Waals surface area contributed by atoms with Gasteiger partial charge in [0, 0.05) is 37.3 Å². The summed E-state index contributed by atoms with van der Waals surface area (Å²) >= 11 is 0. The van der Waals surface area contributed by atoms with E-state index >= 15 is 0 Å². The Hall–Kier alpha value is -4.28. The van der Waals surface area contributed by atoms with Gasteiger partial charge in [-0.15, -0.1) is 0 Å². The number of rotatable bonds is 5. The molecule has 2 aliphatic rings. The van der Waals surface area contributed by atoms with Crippen molar-refractivity contribution in [1.82, 2.24) is 34.2 Å². The first-order valence-electron chi connectivity index (χ1n) is 11.1. The molecule has 34 heavy (non-hydrogen) atoms. The summed E-state index contributed by atoms with van der Waals surface area (Å²) in [6.07, 6.45) is 6.22. The molecule has 5 heterocycles. The molecule has 0 N–H and O–H groups in total. The molecule has 4 aromatic heterocycles. The lowest BCUT2D eigenvalue weighted by Crippen LogP contribution is -2.23. The Balaban J connectivity index is 1.05. The molecule has 1 aliphatic heterocycles. The fraction of sp³-hybridized carbons (Fsp3) is 0.304. The molecule has 0 bridgehead atoms. The van der Waals surface area contributed by atoms with Gasteiger partial charge in [0.25, 0.3) is 5.56 Å². The second-order valence-corrected chi connectivity index (χ2v) is 8.93. The molecule has 0 amide bonds. The van der Waals surface area contributed by atoms with E-state index in [1.807, 2.05) is 12.1 Å². The molecule has 0 spiro atoms. The highest BCUT2D eigenvalue weighted by atomic mass is 16.5. The summed E-state index contributed by atoms with van der Waals surface area (Å²) in [5.74, 6) is 3.18. The summed E-state index contributed by atoms with van der Waals surface area (Å²) in [7, 11) is 1.77. The van der Waals surface area contributed by atoms with E-state index in [0.717, 1.165) is 30.2 Å². The first kappa shape index (κ1) is 19.2. The summed E-state index contributed by atoms with van der Waals surface area (Å²) in [5.41, 5.74) is 2.88. The van der Waals surface area contributed by atoms with Gasteiger partial charge in [-0.1, -0.05) is 17.3 Å². The van der Waals surface area contributed by atoms with Crippen LogP contribution >= 0.6 is 0 Å². The maximum atomic E-state index is 12.8. The normalized spacial score (nSPS) is 21.3. The third-order valence-electron chi connectivity index (χ3n) is 6.91. The number of nitrogens with zero attached hydrogens (tertiary/aromatic N) is 8. The van der Waals surface area contributed by atoms with Gasteiger partial charge in [-0.3, -0.25) is 9.36 Å². The number of hydrogen-bond donors (Lipinski definition) is 0. The molecule has 3 atom stereocenters. The van der Waals surface area contributed by atoms with Crippen LogP contribution in [0.1, 0.15) is 17.6 Å². The molecule has 170 valence electrons. The van der Waals surface area contributed by atoms with Crippen molar-refractivity contribution >= 4 is 16.9 Å². The van der Waals surface area contributed by atoms with Gasteiger partial charge in [0.05, 0.1) is 12.5 Å². The number of fused-ring (bicyclic) bond motifs is 2. The van der Waals surface area contributed by atoms with Crippen LogP contribution in [-0.4, -0.2) is 47.3 Å². The highest BCUT2D eigenvalue weighted by molar-refractivity contribution is 5.69. The number of aromatic nitrogens is 7. The van der Waals surface area contributed by atoms with Gasteiger partial charge in [0.1, 0.15) is 12.9 Å². The van der Waals surface area contributed by atoms with E-state index in [0.29, 0.717) is 34.8 Å². The molecule has 11 nitrogen and oxygen atoms in total. The largest absolute Gasteiger partial charge is 0.444 e. The summed E-state index contributed by atoms with van der Waals surface area (Å²) in [6, 6.07) is 8.33. The van der Waals surface area contributed by atoms with Crippen LogP contribution in [0.25, 0.3) is 22.5 Å². The average Bonchev–Trinajstić information content (AvgIpc) is 3.47. The van der Waals surface area contributed by atoms with Gasteiger partial charge in [-0.25, -0.2) is 15.0 Å². The molecular weight excluding hydrogens is 436 g/mol. The molecular formula is C23H20N8O3. The van der Waals surface area contributed by atoms with Gasteiger partial charge in [-0.2, -0.15) is 4.98 Å². The van der Waals surface area contributed by atoms with E-state index in [1.165, 1.54) is 23.0 Å². The standard InChI is InChI=1S/C23H20N8O3/c1-29-10-25-22-20(29)23(32)31(11-26-22)9-18-27-21(28-34-18)19-15-7-30(8-16(15)19)14-4-2-3-13(5-14)17-6-24-12-33-17/h2-6,10-12,15-16,19H,7-9H2,1H3/t15-,16+,19?. The lowest BCUT2D eigenvalue weighted by molar-refractivity contribution is 0.363. The second-order valence-electron chi connectivity index (χ2n) is 8.93. The van der Waals surface area contributed by atoms with Crippen molar-refractivity contribution in [2.75, 3.05) is 18.0 Å². The van der Waals surface area contributed by atoms with Crippen LogP contribution in [0, 0.1) is 11.8 Å². The van der Waals surface area contributed by atoms with E-state index in [4.69, 9.17) is 8.94 Å². The summed E-state index contributed by atoms with van der Waals surface area (Å²) in [5, 5.41) is 4.22. The number of piperidine rings is 1. The molecule has 11 heteroatoms. The Morgan fingerprint density at radius 3 is 2.82 bits per heavy atom. The van der Waals surface area contributed by atoms with Gasteiger partial charge in [0.2, 0.25) is 5.89 Å². The molecule has 2 fully saturated rings. The van der Waals surface area contributed by atoms with Crippen molar-refractivity contribution in [1.29, 1.82) is 0 Å². The molecule has 1 saturated carbocycles. The van der Waals surface area contributed by atoms with E-state index < -0.39 is 0 Å². The Labute approximate surface area is 192 Å². The van der Waals surface area contributed by atoms with Crippen molar-refractivity contribution < 1.29 is 8.94 Å². The number of aryl methyl sites for hydroxylation is 1. The van der Waals surface area contributed by atoms with Crippen molar-refractivity contribution in [2.45, 2.75) is 12.5 Å². The predicted molar refractivity (Wildman–Crippen MR) is 120 cm³/mol. The Bertz CT molecular complexity index is 1550. The quantitative estimate of drug-likeness (QED) is 0.391. The van der Waals surface area contributed by atoms with Gasteiger partial charge >= 0.3 is 0 Å². The average molecular weight is 456 g/mol. The summed E-state index contributed by atoms with van der Waals surface area (Å²) in [6.45, 7) is 2.07. The van der Waals surface area contributed by atoms with Crippen molar-refractivity contribution in [3.8, 4) is 11.3 Å². The van der Waals surface area contributed by atoms with E-state index in [-0.39, 0.29) is 12.1 Å². The Morgan fingerprint density at radius 1 is 1.15 bits per heavy atom. The maximum absolute atomic E-state index is 12.8. The molecule has 1 aliphatic carbocycles. The van der Waals surface area contributed by atoms with Crippen molar-refractivity contribution in [3.05, 3.63) is 71.6 Å². The Morgan fingerprint density at radius 2 is 2.00 bits per heavy atom. The number of imidazole rings is 1. The maximum Gasteiger partial charge on any atom is 0.280 e. The van der Waals surface area contributed by atoms with Crippen LogP contribution in [0.3, 0.4) is 0 Å². The predicted octanol–water partition coefficient (Wildman–Crippen LogP) is 2.07. The van der Waals surface area contributed by atoms with Gasteiger partial charge in [-0.05, 0) is 24.0 Å². The summed E-state index contributed by atoms with van der Waals surface area (Å²) in [4.78, 5) is 32.1. The molecule has 5 aromatic rings. The van der Waals surface area contributed by atoms with Crippen LogP contribution in [0.2, 0.25) is 0 Å². The highest BCUT2D eigenvalue weighted by Gasteiger charge is 2.58. The molecule has 0 radical (unpaired) electrons. The number of benzene rings is 1. The van der Waals surface area contributed by atoms with E-state index in [9.17, 15) is 4.79 Å². The zero-order valence-electron chi connectivity index (χ0n) is 18.3. The number of anilines is 1. The fourth-order valence-corrected chi connectivity index (χ4v) is 5.13. The molecule has 1 saturated heterocycles. The highest BCUT2D eigenvalue weighted by Crippen LogP contribution is 2.58. The fourth-order valence-electron chi connectivity index (χ4n) is 5.13. The number of hydrogen-bond acceptors (Lipinski definition) is 9. The molecule has 1 unspecified atom stereocenters. The molecule has 7 rings (SSSR count). The second kappa shape index (κ2) is 7.11. The summed E-state index contributed by atoms with van der Waals surface area (Å²) < 4.78 is 14.0. The lowest BCUT2D eigenvalue weighted by Gasteiger charge is -2.22. The minimum atomic E-state index is -0.184. The SMILES string of the molecule is Cn1cnc2ncn(Cc3nc(C4[C@H]5CN(c6cccc(-c7cnco7)c6)C[C@@H]45)no3)c(=O)c21. The van der Waals surface area contributed by atoms with Crippen LogP contribution < -0.4 is 10.5 Å². The smallest absolute Gasteiger partial charge is 0.280 e. The van der Waals surface area contributed by atoms with Crippen molar-refractivity contribution in [2.24, 2.45) is 18.9 Å². The third kappa shape index (κ3) is 2.96. The zero-order chi connectivity index (χ0) is 22.8. The monoisotopic (exact) mass is 456 g/mol. The number of oxazole rings is 1. The minimum absolute atomic E-state index is 0.183. The lowest BCUT2D eigenvalue weighted by atomic mass is 10.1. The zero-order valence-corrected chi connectivity index (χ0v) is 18.3. The van der Waals surface area contributed by atoms with Gasteiger partial charge < -0.3 is 18.4 Å². The Kier molecular flexibility index (Phi) is 4.02. The third-order valence-corrected chi connectivity index (χ3v) is 6.91. The van der Waals surface area contributed by atoms with Crippen LogP contribution in [-0.2, 0) is 13.6 Å². The van der Waals surface area contributed by atoms with E-state index in [1.54, 1.807) is 24.1 Å². The van der Waals surface area contributed by atoms with Crippen molar-refractivity contribution in [3.63, 3.8) is 0 Å². The van der Waals surface area contributed by atoms with Gasteiger partial charge in [0.15, 0.2) is 29.1 Å². The van der Waals surface area contributed by atoms with Crippen LogP contribution in [0.4, 0.5) is 5.69 Å². The first-order chi connectivity index (χ1) is 16.7. The molecule has 1 aromatic carbocycles. The van der Waals surface area contributed by atoms with Crippen LogP contribution in [0.15, 0.2) is 63.2 Å².